The number of likely N-dealkylation sites (tertiary alicyclic amines) is 1. The molecule has 0 aliphatic carbocycles. The van der Waals surface area contributed by atoms with Crippen LogP contribution in [-0.4, -0.2) is 65.3 Å². The van der Waals surface area contributed by atoms with Gasteiger partial charge in [0.2, 0.25) is 0 Å². The van der Waals surface area contributed by atoms with Crippen molar-refractivity contribution in [1.82, 2.24) is 15.5 Å². The van der Waals surface area contributed by atoms with Crippen molar-refractivity contribution in [2.75, 3.05) is 37.7 Å². The predicted octanol–water partition coefficient (Wildman–Crippen LogP) is 2.35. The highest BCUT2D eigenvalue weighted by molar-refractivity contribution is 7.99. The van der Waals surface area contributed by atoms with Crippen LogP contribution in [0.4, 0.5) is 8.78 Å². The predicted molar refractivity (Wildman–Crippen MR) is 111 cm³/mol. The summed E-state index contributed by atoms with van der Waals surface area (Å²) in [5, 5.41) is 17.2. The summed E-state index contributed by atoms with van der Waals surface area (Å²) >= 11 is 1.76. The van der Waals surface area contributed by atoms with Crippen LogP contribution in [0.15, 0.2) is 23.2 Å². The van der Waals surface area contributed by atoms with Crippen molar-refractivity contribution in [1.29, 1.82) is 0 Å². The van der Waals surface area contributed by atoms with E-state index in [1.165, 1.54) is 18.2 Å². The van der Waals surface area contributed by atoms with E-state index >= 15 is 0 Å². The van der Waals surface area contributed by atoms with E-state index in [0.29, 0.717) is 19.0 Å². The number of rotatable bonds is 6. The maximum Gasteiger partial charge on any atom is 0.191 e. The first-order valence-corrected chi connectivity index (χ1v) is 11.1. The molecule has 1 aromatic rings. The Kier molecular flexibility index (Phi) is 7.54. The second-order valence-electron chi connectivity index (χ2n) is 7.64. The van der Waals surface area contributed by atoms with Gasteiger partial charge in [-0.15, -0.1) is 0 Å². The molecule has 0 bridgehead atoms. The Bertz CT molecular complexity index is 662. The molecule has 2 atom stereocenters. The number of nitrogens with one attached hydrogen (secondary N) is 2. The van der Waals surface area contributed by atoms with E-state index in [2.05, 4.69) is 20.5 Å². The molecule has 0 spiro atoms. The SMILES string of the molecule is CCNC(=NCC1(O)CCSC1)NC1CCCN(Cc2c(F)cccc2F)C1. The standard InChI is InChI=1S/C20H30F2N4OS/c1-2-23-19(24-13-20(27)8-10-28-14-20)25-15-5-4-9-26(11-15)12-16-17(21)6-3-7-18(16)22/h3,6-7,15,27H,2,4-5,8-14H2,1H3,(H2,23,24,25). The summed E-state index contributed by atoms with van der Waals surface area (Å²) < 4.78 is 27.9. The zero-order chi connectivity index (χ0) is 20.0. The van der Waals surface area contributed by atoms with Gasteiger partial charge in [0, 0.05) is 37.0 Å². The van der Waals surface area contributed by atoms with E-state index in [1.807, 2.05) is 6.92 Å². The number of aliphatic imine (C=N–C) groups is 1. The Morgan fingerprint density at radius 3 is 2.86 bits per heavy atom. The van der Waals surface area contributed by atoms with Crippen molar-refractivity contribution >= 4 is 17.7 Å². The molecule has 156 valence electrons. The highest BCUT2D eigenvalue weighted by Crippen LogP contribution is 2.27. The molecule has 2 aliphatic heterocycles. The molecule has 0 amide bonds. The van der Waals surface area contributed by atoms with Gasteiger partial charge in [0.15, 0.2) is 5.96 Å². The molecule has 2 aliphatic rings. The van der Waals surface area contributed by atoms with E-state index in [9.17, 15) is 13.9 Å². The number of benzene rings is 1. The van der Waals surface area contributed by atoms with Crippen LogP contribution in [-0.2, 0) is 6.54 Å². The van der Waals surface area contributed by atoms with Gasteiger partial charge in [-0.2, -0.15) is 11.8 Å². The monoisotopic (exact) mass is 412 g/mol. The van der Waals surface area contributed by atoms with Crippen molar-refractivity contribution in [2.45, 2.75) is 44.4 Å². The quantitative estimate of drug-likeness (QED) is 0.495. The first kappa shape index (κ1) is 21.3. The summed E-state index contributed by atoms with van der Waals surface area (Å²) in [5.41, 5.74) is -0.585. The van der Waals surface area contributed by atoms with Gasteiger partial charge in [0.05, 0.1) is 12.1 Å². The van der Waals surface area contributed by atoms with Gasteiger partial charge < -0.3 is 15.7 Å². The van der Waals surface area contributed by atoms with Crippen molar-refractivity contribution in [3.05, 3.63) is 35.4 Å². The molecule has 8 heteroatoms. The lowest BCUT2D eigenvalue weighted by Crippen LogP contribution is -2.51. The van der Waals surface area contributed by atoms with Crippen LogP contribution in [0.3, 0.4) is 0 Å². The molecule has 5 nitrogen and oxygen atoms in total. The molecule has 2 unspecified atom stereocenters. The molecule has 1 aromatic carbocycles. The topological polar surface area (TPSA) is 59.9 Å². The van der Waals surface area contributed by atoms with Crippen LogP contribution in [0, 0.1) is 11.6 Å². The number of hydrogen-bond donors (Lipinski definition) is 3. The third-order valence-corrected chi connectivity index (χ3v) is 6.48. The number of piperidine rings is 1. The van der Waals surface area contributed by atoms with Crippen molar-refractivity contribution in [2.24, 2.45) is 4.99 Å². The van der Waals surface area contributed by atoms with E-state index in [4.69, 9.17) is 0 Å². The molecule has 3 N–H and O–H groups in total. The summed E-state index contributed by atoms with van der Waals surface area (Å²) in [7, 11) is 0. The normalized spacial score (nSPS) is 26.4. The summed E-state index contributed by atoms with van der Waals surface area (Å²) in [6.07, 6.45) is 2.69. The molecule has 3 rings (SSSR count). The fourth-order valence-corrected chi connectivity index (χ4v) is 4.97. The first-order chi connectivity index (χ1) is 13.5. The zero-order valence-corrected chi connectivity index (χ0v) is 17.2. The molecule has 28 heavy (non-hydrogen) atoms. The third kappa shape index (κ3) is 5.81. The number of nitrogens with zero attached hydrogens (tertiary/aromatic N) is 2. The van der Waals surface area contributed by atoms with E-state index < -0.39 is 17.2 Å². The van der Waals surface area contributed by atoms with Gasteiger partial charge in [-0.1, -0.05) is 6.07 Å². The van der Waals surface area contributed by atoms with Crippen LogP contribution >= 0.6 is 11.8 Å². The first-order valence-electron chi connectivity index (χ1n) is 9.99. The lowest BCUT2D eigenvalue weighted by Gasteiger charge is -2.34. The van der Waals surface area contributed by atoms with Gasteiger partial charge in [-0.05, 0) is 50.6 Å². The van der Waals surface area contributed by atoms with Crippen LogP contribution in [0.2, 0.25) is 0 Å². The molecular weight excluding hydrogens is 382 g/mol. The second kappa shape index (κ2) is 9.89. The maximum absolute atomic E-state index is 14.0. The Balaban J connectivity index is 1.59. The molecule has 0 saturated carbocycles. The Morgan fingerprint density at radius 2 is 2.18 bits per heavy atom. The number of guanidine groups is 1. The number of halogens is 2. The van der Waals surface area contributed by atoms with Crippen LogP contribution < -0.4 is 10.6 Å². The molecular formula is C20H30F2N4OS. The number of aliphatic hydroxyl groups is 1. The van der Waals surface area contributed by atoms with Gasteiger partial charge in [0.1, 0.15) is 11.6 Å². The highest BCUT2D eigenvalue weighted by atomic mass is 32.2. The largest absolute Gasteiger partial charge is 0.387 e. The zero-order valence-electron chi connectivity index (χ0n) is 16.4. The van der Waals surface area contributed by atoms with E-state index in [-0.39, 0.29) is 18.2 Å². The Labute approximate surface area is 170 Å². The Morgan fingerprint density at radius 1 is 1.39 bits per heavy atom. The molecule has 0 aromatic heterocycles. The average molecular weight is 413 g/mol. The number of hydrogen-bond acceptors (Lipinski definition) is 4. The molecule has 2 fully saturated rings. The van der Waals surface area contributed by atoms with Gasteiger partial charge in [-0.3, -0.25) is 9.89 Å². The fraction of sp³-hybridized carbons (Fsp3) is 0.650. The minimum atomic E-state index is -0.714. The van der Waals surface area contributed by atoms with Gasteiger partial charge in [0.25, 0.3) is 0 Å². The summed E-state index contributed by atoms with van der Waals surface area (Å²) in [6, 6.07) is 4.15. The van der Waals surface area contributed by atoms with Crippen molar-refractivity contribution < 1.29 is 13.9 Å². The second-order valence-corrected chi connectivity index (χ2v) is 8.75. The van der Waals surface area contributed by atoms with Gasteiger partial charge >= 0.3 is 0 Å². The third-order valence-electron chi connectivity index (χ3n) is 5.25. The Hall–Kier alpha value is -1.38. The smallest absolute Gasteiger partial charge is 0.191 e. The molecule has 0 radical (unpaired) electrons. The number of thioether (sulfide) groups is 1. The summed E-state index contributed by atoms with van der Waals surface area (Å²) in [4.78, 5) is 6.67. The lowest BCUT2D eigenvalue weighted by atomic mass is 10.0. The molecule has 2 saturated heterocycles. The lowest BCUT2D eigenvalue weighted by molar-refractivity contribution is 0.0778. The average Bonchev–Trinajstić information content (AvgIpc) is 3.10. The van der Waals surface area contributed by atoms with Crippen molar-refractivity contribution in [3.63, 3.8) is 0 Å². The van der Waals surface area contributed by atoms with Crippen molar-refractivity contribution in [3.8, 4) is 0 Å². The van der Waals surface area contributed by atoms with E-state index in [0.717, 1.165) is 43.9 Å². The van der Waals surface area contributed by atoms with E-state index in [1.54, 1.807) is 11.8 Å². The molecule has 2 heterocycles. The maximum atomic E-state index is 14.0. The minimum absolute atomic E-state index is 0.129. The highest BCUT2D eigenvalue weighted by Gasteiger charge is 2.31. The minimum Gasteiger partial charge on any atom is -0.387 e. The fourth-order valence-electron chi connectivity index (χ4n) is 3.68. The summed E-state index contributed by atoms with van der Waals surface area (Å²) in [6.45, 7) is 4.89. The van der Waals surface area contributed by atoms with Crippen LogP contribution in [0.5, 0.6) is 0 Å². The van der Waals surface area contributed by atoms with Crippen LogP contribution in [0.1, 0.15) is 31.7 Å². The van der Waals surface area contributed by atoms with Crippen LogP contribution in [0.25, 0.3) is 0 Å². The summed E-state index contributed by atoms with van der Waals surface area (Å²) in [5.74, 6) is 1.40. The van der Waals surface area contributed by atoms with Gasteiger partial charge in [-0.25, -0.2) is 8.78 Å².